The van der Waals surface area contributed by atoms with E-state index in [2.05, 4.69) is 21.2 Å². The van der Waals surface area contributed by atoms with E-state index < -0.39 is 5.91 Å². The summed E-state index contributed by atoms with van der Waals surface area (Å²) in [5.41, 5.74) is 5.82. The number of hydrogen-bond donors (Lipinski definition) is 3. The minimum absolute atomic E-state index is 0.248. The first-order valence-electron chi connectivity index (χ1n) is 7.42. The first kappa shape index (κ1) is 13.9. The summed E-state index contributed by atoms with van der Waals surface area (Å²) in [5, 5.41) is 2.94. The van der Waals surface area contributed by atoms with Gasteiger partial charge in [-0.1, -0.05) is 12.5 Å². The molecule has 0 spiro atoms. The molecule has 112 valence electrons. The van der Waals surface area contributed by atoms with Crippen LogP contribution in [-0.2, 0) is 0 Å². The van der Waals surface area contributed by atoms with E-state index in [0.717, 1.165) is 18.0 Å². The van der Waals surface area contributed by atoms with Gasteiger partial charge in [0.1, 0.15) is 5.69 Å². The highest BCUT2D eigenvalue weighted by atomic mass is 16.2. The van der Waals surface area contributed by atoms with Crippen molar-refractivity contribution >= 4 is 11.9 Å². The molecule has 1 heterocycles. The maximum Gasteiger partial charge on any atom is 0.333 e. The Bertz CT molecular complexity index is 560. The Labute approximate surface area is 123 Å². The fourth-order valence-corrected chi connectivity index (χ4v) is 3.47. The molecule has 6 nitrogen and oxygen atoms in total. The number of nitrogens with one attached hydrogen (secondary N) is 3. The van der Waals surface area contributed by atoms with Crippen LogP contribution in [0.1, 0.15) is 41.9 Å². The van der Waals surface area contributed by atoms with Gasteiger partial charge in [-0.15, -0.1) is 0 Å². The first-order chi connectivity index (χ1) is 10.1. The van der Waals surface area contributed by atoms with E-state index in [1.807, 2.05) is 13.0 Å². The van der Waals surface area contributed by atoms with Gasteiger partial charge in [0.05, 0.1) is 0 Å². The van der Waals surface area contributed by atoms with Crippen LogP contribution in [0.2, 0.25) is 0 Å². The summed E-state index contributed by atoms with van der Waals surface area (Å²) in [5.74, 6) is 0.961. The second kappa shape index (κ2) is 5.71. The van der Waals surface area contributed by atoms with Crippen molar-refractivity contribution in [1.29, 1.82) is 0 Å². The monoisotopic (exact) mass is 288 g/mol. The van der Waals surface area contributed by atoms with E-state index in [1.165, 1.54) is 19.3 Å². The predicted molar refractivity (Wildman–Crippen MR) is 77.3 cm³/mol. The number of aromatic nitrogens is 1. The second-order valence-corrected chi connectivity index (χ2v) is 6.00. The van der Waals surface area contributed by atoms with E-state index in [0.29, 0.717) is 5.92 Å². The molecule has 1 aromatic heterocycles. The Balaban J connectivity index is 1.46. The highest BCUT2D eigenvalue weighted by molar-refractivity contribution is 5.93. The normalized spacial score (nSPS) is 26.4. The molecule has 6 heteroatoms. The molecule has 3 rings (SSSR count). The molecule has 2 aliphatic carbocycles. The summed E-state index contributed by atoms with van der Waals surface area (Å²) >= 11 is 0. The summed E-state index contributed by atoms with van der Waals surface area (Å²) in [7, 11) is 0. The van der Waals surface area contributed by atoms with Crippen molar-refractivity contribution in [3.05, 3.63) is 29.6 Å². The van der Waals surface area contributed by atoms with Crippen molar-refractivity contribution in [2.75, 3.05) is 0 Å². The smallest absolute Gasteiger partial charge is 0.333 e. The van der Waals surface area contributed by atoms with Crippen molar-refractivity contribution in [2.45, 2.75) is 38.6 Å². The lowest BCUT2D eigenvalue weighted by Gasteiger charge is -2.22. The minimum Gasteiger partial charge on any atom is -0.334 e. The average Bonchev–Trinajstić information content (AvgIpc) is 3.07. The maximum absolute atomic E-state index is 11.9. The second-order valence-electron chi connectivity index (χ2n) is 6.00. The zero-order chi connectivity index (χ0) is 14.8. The fourth-order valence-electron chi connectivity index (χ4n) is 3.47. The average molecular weight is 288 g/mol. The van der Waals surface area contributed by atoms with Crippen LogP contribution in [0, 0.1) is 18.8 Å². The zero-order valence-electron chi connectivity index (χ0n) is 12.1. The van der Waals surface area contributed by atoms with Crippen molar-refractivity contribution in [3.8, 4) is 0 Å². The van der Waals surface area contributed by atoms with Crippen molar-refractivity contribution in [1.82, 2.24) is 21.2 Å². The Morgan fingerprint density at radius 1 is 1.19 bits per heavy atom. The SMILES string of the molecule is Cc1cccc(C(=O)NNC(=O)N[C@H]2C[C@H]3CC[C@@H]2C3)n1. The summed E-state index contributed by atoms with van der Waals surface area (Å²) in [6, 6.07) is 5.07. The number of nitrogens with zero attached hydrogens (tertiary/aromatic N) is 1. The Hall–Kier alpha value is -2.11. The molecular weight excluding hydrogens is 268 g/mol. The third kappa shape index (κ3) is 3.15. The molecule has 1 aromatic rings. The molecule has 0 aromatic carbocycles. The van der Waals surface area contributed by atoms with E-state index in [9.17, 15) is 9.59 Å². The van der Waals surface area contributed by atoms with Gasteiger partial charge in [-0.05, 0) is 50.2 Å². The van der Waals surface area contributed by atoms with Crippen LogP contribution in [0.3, 0.4) is 0 Å². The molecule has 2 bridgehead atoms. The van der Waals surface area contributed by atoms with E-state index >= 15 is 0 Å². The number of rotatable bonds is 2. The number of pyridine rings is 1. The van der Waals surface area contributed by atoms with Gasteiger partial charge in [-0.3, -0.25) is 10.2 Å². The molecule has 0 radical (unpaired) electrons. The molecule has 3 N–H and O–H groups in total. The van der Waals surface area contributed by atoms with Crippen LogP contribution < -0.4 is 16.2 Å². The zero-order valence-corrected chi connectivity index (χ0v) is 12.1. The van der Waals surface area contributed by atoms with Crippen LogP contribution in [0.4, 0.5) is 4.79 Å². The fraction of sp³-hybridized carbons (Fsp3) is 0.533. The topological polar surface area (TPSA) is 83.1 Å². The van der Waals surface area contributed by atoms with Crippen LogP contribution in [0.15, 0.2) is 18.2 Å². The number of aryl methyl sites for hydroxylation is 1. The van der Waals surface area contributed by atoms with E-state index in [-0.39, 0.29) is 17.8 Å². The van der Waals surface area contributed by atoms with Gasteiger partial charge in [0, 0.05) is 11.7 Å². The number of urea groups is 1. The lowest BCUT2D eigenvalue weighted by Crippen LogP contribution is -2.51. The number of amides is 3. The summed E-state index contributed by atoms with van der Waals surface area (Å²) in [4.78, 5) is 27.8. The van der Waals surface area contributed by atoms with Crippen molar-refractivity contribution in [3.63, 3.8) is 0 Å². The predicted octanol–water partition coefficient (Wildman–Crippen LogP) is 1.52. The molecule has 2 saturated carbocycles. The Morgan fingerprint density at radius 2 is 2.05 bits per heavy atom. The van der Waals surface area contributed by atoms with Crippen LogP contribution in [-0.4, -0.2) is 23.0 Å². The van der Waals surface area contributed by atoms with Gasteiger partial charge >= 0.3 is 6.03 Å². The number of carbonyl (C=O) groups is 2. The van der Waals surface area contributed by atoms with Crippen LogP contribution >= 0.6 is 0 Å². The summed E-state index contributed by atoms with van der Waals surface area (Å²) in [6.07, 6.45) is 4.78. The lowest BCUT2D eigenvalue weighted by molar-refractivity contribution is 0.0930. The van der Waals surface area contributed by atoms with Gasteiger partial charge in [0.2, 0.25) is 0 Å². The first-order valence-corrected chi connectivity index (χ1v) is 7.42. The van der Waals surface area contributed by atoms with E-state index in [4.69, 9.17) is 0 Å². The van der Waals surface area contributed by atoms with Gasteiger partial charge < -0.3 is 5.32 Å². The molecular formula is C15H20N4O2. The van der Waals surface area contributed by atoms with Gasteiger partial charge in [-0.25, -0.2) is 15.2 Å². The molecule has 0 unspecified atom stereocenters. The minimum atomic E-state index is -0.415. The Kier molecular flexibility index (Phi) is 3.77. The lowest BCUT2D eigenvalue weighted by atomic mass is 9.95. The van der Waals surface area contributed by atoms with Crippen LogP contribution in [0.5, 0.6) is 0 Å². The molecule has 21 heavy (non-hydrogen) atoms. The highest BCUT2D eigenvalue weighted by Crippen LogP contribution is 2.44. The van der Waals surface area contributed by atoms with Gasteiger partial charge in [0.15, 0.2) is 0 Å². The number of hydrazine groups is 1. The van der Waals surface area contributed by atoms with Crippen molar-refractivity contribution < 1.29 is 9.59 Å². The number of carbonyl (C=O) groups excluding carboxylic acids is 2. The molecule has 2 fully saturated rings. The third-order valence-corrected chi connectivity index (χ3v) is 4.47. The molecule has 3 amide bonds. The molecule has 0 saturated heterocycles. The third-order valence-electron chi connectivity index (χ3n) is 4.47. The van der Waals surface area contributed by atoms with Gasteiger partial charge in [-0.2, -0.15) is 0 Å². The largest absolute Gasteiger partial charge is 0.334 e. The molecule has 3 atom stereocenters. The molecule has 2 aliphatic rings. The van der Waals surface area contributed by atoms with Crippen LogP contribution in [0.25, 0.3) is 0 Å². The summed E-state index contributed by atoms with van der Waals surface area (Å²) in [6.45, 7) is 1.81. The van der Waals surface area contributed by atoms with Crippen molar-refractivity contribution in [2.24, 2.45) is 11.8 Å². The number of fused-ring (bicyclic) bond motifs is 2. The molecule has 0 aliphatic heterocycles. The van der Waals surface area contributed by atoms with E-state index in [1.54, 1.807) is 12.1 Å². The summed E-state index contributed by atoms with van der Waals surface area (Å²) < 4.78 is 0. The Morgan fingerprint density at radius 3 is 2.71 bits per heavy atom. The number of hydrogen-bond acceptors (Lipinski definition) is 3. The highest BCUT2D eigenvalue weighted by Gasteiger charge is 2.40. The quantitative estimate of drug-likeness (QED) is 0.722. The van der Waals surface area contributed by atoms with Gasteiger partial charge in [0.25, 0.3) is 5.91 Å². The maximum atomic E-state index is 11.9. The standard InChI is InChI=1S/C15H20N4O2/c1-9-3-2-4-12(16-9)14(20)18-19-15(21)17-13-8-10-5-6-11(13)7-10/h2-4,10-11,13H,5-8H2,1H3,(H,18,20)(H2,17,19,21)/t10-,11+,13-/m0/s1.